The summed E-state index contributed by atoms with van der Waals surface area (Å²) in [6.45, 7) is 5.53. The van der Waals surface area contributed by atoms with Crippen molar-refractivity contribution < 1.29 is 9.47 Å². The van der Waals surface area contributed by atoms with Crippen LogP contribution in [0.25, 0.3) is 0 Å². The zero-order chi connectivity index (χ0) is 9.94. The molecule has 0 aliphatic carbocycles. The van der Waals surface area contributed by atoms with Crippen LogP contribution in [0.5, 0.6) is 0 Å². The topological polar surface area (TPSA) is 18.5 Å². The number of unbranched alkanes of at least 4 members (excludes halogenated alkanes) is 1. The third-order valence-corrected chi connectivity index (χ3v) is 2.07. The summed E-state index contributed by atoms with van der Waals surface area (Å²) in [5.74, 6) is 0. The van der Waals surface area contributed by atoms with Crippen molar-refractivity contribution in [2.45, 2.75) is 33.0 Å². The van der Waals surface area contributed by atoms with E-state index in [1.54, 1.807) is 0 Å². The second-order valence-corrected chi connectivity index (χ2v) is 3.36. The van der Waals surface area contributed by atoms with E-state index in [0.717, 1.165) is 24.8 Å². The highest BCUT2D eigenvalue weighted by molar-refractivity contribution is 9.09. The largest absolute Gasteiger partial charge is 0.352 e. The number of ether oxygens (including phenoxy) is 2. The van der Waals surface area contributed by atoms with Gasteiger partial charge in [0.2, 0.25) is 0 Å². The zero-order valence-corrected chi connectivity index (χ0v) is 10.0. The average molecular weight is 251 g/mol. The Morgan fingerprint density at radius 2 is 2.15 bits per heavy atom. The summed E-state index contributed by atoms with van der Waals surface area (Å²) in [6, 6.07) is 0. The summed E-state index contributed by atoms with van der Waals surface area (Å²) in [4.78, 5) is 0. The van der Waals surface area contributed by atoms with Crippen molar-refractivity contribution in [2.75, 3.05) is 18.5 Å². The van der Waals surface area contributed by atoms with E-state index in [0.29, 0.717) is 6.61 Å². The van der Waals surface area contributed by atoms with Gasteiger partial charge in [-0.1, -0.05) is 41.4 Å². The zero-order valence-electron chi connectivity index (χ0n) is 8.46. The SMILES string of the molecule is C/C=C/COC(CBr)OCCCC. The number of hydrogen-bond acceptors (Lipinski definition) is 2. The molecule has 13 heavy (non-hydrogen) atoms. The molecule has 3 heteroatoms. The molecule has 0 aromatic heterocycles. The van der Waals surface area contributed by atoms with Gasteiger partial charge in [-0.05, 0) is 13.3 Å². The fourth-order valence-corrected chi connectivity index (χ4v) is 1.13. The maximum Gasteiger partial charge on any atom is 0.167 e. The molecule has 0 spiro atoms. The van der Waals surface area contributed by atoms with Crippen LogP contribution in [-0.4, -0.2) is 24.8 Å². The van der Waals surface area contributed by atoms with Crippen LogP contribution in [-0.2, 0) is 9.47 Å². The van der Waals surface area contributed by atoms with Crippen molar-refractivity contribution in [3.63, 3.8) is 0 Å². The molecule has 0 heterocycles. The maximum atomic E-state index is 5.48. The minimum Gasteiger partial charge on any atom is -0.352 e. The molecule has 78 valence electrons. The first-order valence-corrected chi connectivity index (χ1v) is 5.87. The predicted molar refractivity (Wildman–Crippen MR) is 59.2 cm³/mol. The van der Waals surface area contributed by atoms with Crippen LogP contribution in [0.1, 0.15) is 26.7 Å². The summed E-state index contributed by atoms with van der Waals surface area (Å²) < 4.78 is 10.9. The molecule has 0 aliphatic rings. The van der Waals surface area contributed by atoms with Gasteiger partial charge in [0.25, 0.3) is 0 Å². The van der Waals surface area contributed by atoms with Gasteiger partial charge in [0.15, 0.2) is 6.29 Å². The number of alkyl halides is 1. The Balaban J connectivity index is 3.39. The number of allylic oxidation sites excluding steroid dienone is 1. The Kier molecular flexibility index (Phi) is 10.3. The Labute approximate surface area is 89.4 Å². The van der Waals surface area contributed by atoms with E-state index >= 15 is 0 Å². The molecular weight excluding hydrogens is 232 g/mol. The smallest absolute Gasteiger partial charge is 0.167 e. The average Bonchev–Trinajstić information content (AvgIpc) is 2.16. The molecule has 0 aromatic rings. The third kappa shape index (κ3) is 8.47. The fourth-order valence-electron chi connectivity index (χ4n) is 0.755. The Hall–Kier alpha value is 0.140. The van der Waals surface area contributed by atoms with Crippen LogP contribution in [0.3, 0.4) is 0 Å². The molecule has 0 saturated carbocycles. The third-order valence-electron chi connectivity index (χ3n) is 1.54. The van der Waals surface area contributed by atoms with Gasteiger partial charge in [0, 0.05) is 6.61 Å². The molecule has 0 saturated heterocycles. The first kappa shape index (κ1) is 13.1. The van der Waals surface area contributed by atoms with Gasteiger partial charge in [-0.2, -0.15) is 0 Å². The van der Waals surface area contributed by atoms with Gasteiger partial charge < -0.3 is 9.47 Å². The lowest BCUT2D eigenvalue weighted by Crippen LogP contribution is -2.19. The van der Waals surface area contributed by atoms with Gasteiger partial charge in [-0.25, -0.2) is 0 Å². The molecule has 0 rings (SSSR count). The second kappa shape index (κ2) is 10.2. The number of rotatable bonds is 8. The van der Waals surface area contributed by atoms with Crippen molar-refractivity contribution in [3.05, 3.63) is 12.2 Å². The summed E-state index contributed by atoms with van der Waals surface area (Å²) in [5.41, 5.74) is 0. The van der Waals surface area contributed by atoms with Gasteiger partial charge in [-0.15, -0.1) is 0 Å². The molecule has 0 fully saturated rings. The minimum absolute atomic E-state index is 0.109. The fraction of sp³-hybridized carbons (Fsp3) is 0.800. The van der Waals surface area contributed by atoms with Crippen molar-refractivity contribution in [3.8, 4) is 0 Å². The Morgan fingerprint density at radius 3 is 2.69 bits per heavy atom. The summed E-state index contributed by atoms with van der Waals surface area (Å²) >= 11 is 3.35. The highest BCUT2D eigenvalue weighted by atomic mass is 79.9. The molecule has 1 unspecified atom stereocenters. The quantitative estimate of drug-likeness (QED) is 0.285. The monoisotopic (exact) mass is 250 g/mol. The normalized spacial score (nSPS) is 13.8. The molecule has 0 aliphatic heterocycles. The Morgan fingerprint density at radius 1 is 1.38 bits per heavy atom. The van der Waals surface area contributed by atoms with Gasteiger partial charge in [0.1, 0.15) is 0 Å². The van der Waals surface area contributed by atoms with E-state index in [-0.39, 0.29) is 6.29 Å². The Bertz CT molecular complexity index is 126. The first-order valence-electron chi connectivity index (χ1n) is 4.75. The molecule has 0 aromatic carbocycles. The van der Waals surface area contributed by atoms with Crippen molar-refractivity contribution >= 4 is 15.9 Å². The van der Waals surface area contributed by atoms with Crippen molar-refractivity contribution in [2.24, 2.45) is 0 Å². The van der Waals surface area contributed by atoms with Crippen LogP contribution in [0.4, 0.5) is 0 Å². The van der Waals surface area contributed by atoms with Gasteiger partial charge in [0.05, 0.1) is 11.9 Å². The van der Waals surface area contributed by atoms with Crippen LogP contribution >= 0.6 is 15.9 Å². The number of halogens is 1. The van der Waals surface area contributed by atoms with E-state index in [4.69, 9.17) is 9.47 Å². The van der Waals surface area contributed by atoms with E-state index < -0.39 is 0 Å². The molecular formula is C10H19BrO2. The second-order valence-electron chi connectivity index (χ2n) is 2.71. The summed E-state index contributed by atoms with van der Waals surface area (Å²) in [7, 11) is 0. The lowest BCUT2D eigenvalue weighted by atomic mass is 10.4. The van der Waals surface area contributed by atoms with Gasteiger partial charge >= 0.3 is 0 Å². The van der Waals surface area contributed by atoms with E-state index in [2.05, 4.69) is 22.9 Å². The number of hydrogen-bond donors (Lipinski definition) is 0. The predicted octanol–water partition coefficient (Wildman–Crippen LogP) is 3.12. The lowest BCUT2D eigenvalue weighted by molar-refractivity contribution is -0.119. The molecule has 0 amide bonds. The molecule has 2 nitrogen and oxygen atoms in total. The highest BCUT2D eigenvalue weighted by Crippen LogP contribution is 2.01. The molecule has 0 bridgehead atoms. The van der Waals surface area contributed by atoms with Crippen LogP contribution in [0.15, 0.2) is 12.2 Å². The van der Waals surface area contributed by atoms with Crippen molar-refractivity contribution in [1.82, 2.24) is 0 Å². The standard InChI is InChI=1S/C10H19BrO2/c1-3-5-7-12-10(9-11)13-8-6-4-2/h3,5,10H,4,6-9H2,1-2H3/b5-3+. The van der Waals surface area contributed by atoms with Gasteiger partial charge in [-0.3, -0.25) is 0 Å². The minimum atomic E-state index is -0.109. The lowest BCUT2D eigenvalue weighted by Gasteiger charge is -2.14. The van der Waals surface area contributed by atoms with E-state index in [9.17, 15) is 0 Å². The first-order chi connectivity index (χ1) is 6.35. The highest BCUT2D eigenvalue weighted by Gasteiger charge is 2.05. The van der Waals surface area contributed by atoms with Crippen molar-refractivity contribution in [1.29, 1.82) is 0 Å². The van der Waals surface area contributed by atoms with Crippen LogP contribution in [0.2, 0.25) is 0 Å². The van der Waals surface area contributed by atoms with Crippen LogP contribution < -0.4 is 0 Å². The summed E-state index contributed by atoms with van der Waals surface area (Å²) in [5, 5.41) is 0.730. The molecule has 0 N–H and O–H groups in total. The molecule has 1 atom stereocenters. The van der Waals surface area contributed by atoms with Crippen LogP contribution in [0, 0.1) is 0 Å². The maximum absolute atomic E-state index is 5.48. The van der Waals surface area contributed by atoms with E-state index in [1.165, 1.54) is 0 Å². The van der Waals surface area contributed by atoms with E-state index in [1.807, 2.05) is 19.1 Å². The molecule has 0 radical (unpaired) electrons. The summed E-state index contributed by atoms with van der Waals surface area (Å²) in [6.07, 6.45) is 6.08.